The monoisotopic (exact) mass is 288 g/mol. The number of nitrogens with zero attached hydrogens (tertiary/aromatic N) is 2. The van der Waals surface area contributed by atoms with Crippen LogP contribution in [0.3, 0.4) is 0 Å². The lowest BCUT2D eigenvalue weighted by molar-refractivity contribution is -0.385. The molecule has 0 aliphatic carbocycles. The molecule has 0 bridgehead atoms. The second-order valence-corrected chi connectivity index (χ2v) is 5.89. The molecular weight excluding hydrogens is 272 g/mol. The summed E-state index contributed by atoms with van der Waals surface area (Å²) >= 11 is 0. The van der Waals surface area contributed by atoms with Crippen molar-refractivity contribution in [3.8, 4) is 0 Å². The molecule has 0 saturated carbocycles. The summed E-state index contributed by atoms with van der Waals surface area (Å²) < 4.78 is 4.84. The van der Waals surface area contributed by atoms with Crippen molar-refractivity contribution in [2.45, 2.75) is 33.1 Å². The zero-order valence-corrected chi connectivity index (χ0v) is 12.3. The molecule has 0 aliphatic rings. The average Bonchev–Trinajstić information content (AvgIpc) is 2.82. The van der Waals surface area contributed by atoms with E-state index in [-0.39, 0.29) is 22.4 Å². The number of carbonyl (C=O) groups excluding carboxylic acids is 1. The fraction of sp³-hybridized carbons (Fsp3) is 0.333. The van der Waals surface area contributed by atoms with Gasteiger partial charge in [-0.25, -0.2) is 0 Å². The van der Waals surface area contributed by atoms with Crippen molar-refractivity contribution < 1.29 is 14.2 Å². The summed E-state index contributed by atoms with van der Waals surface area (Å²) in [5, 5.41) is 14.9. The van der Waals surface area contributed by atoms with Crippen molar-refractivity contribution in [1.29, 1.82) is 0 Å². The van der Waals surface area contributed by atoms with Crippen molar-refractivity contribution in [3.63, 3.8) is 0 Å². The highest BCUT2D eigenvalue weighted by molar-refractivity contribution is 6.10. The molecule has 0 radical (unpaired) electrons. The van der Waals surface area contributed by atoms with Crippen molar-refractivity contribution in [3.05, 3.63) is 57.0 Å². The highest BCUT2D eigenvalue weighted by Gasteiger charge is 2.26. The number of hydrogen-bond acceptors (Lipinski definition) is 5. The van der Waals surface area contributed by atoms with E-state index in [0.717, 1.165) is 5.56 Å². The van der Waals surface area contributed by atoms with Crippen molar-refractivity contribution in [2.75, 3.05) is 0 Å². The number of carbonyl (C=O) groups is 1. The van der Waals surface area contributed by atoms with Gasteiger partial charge in [-0.1, -0.05) is 32.0 Å². The highest BCUT2D eigenvalue weighted by Crippen LogP contribution is 2.29. The Morgan fingerprint density at radius 1 is 1.29 bits per heavy atom. The quantitative estimate of drug-likeness (QED) is 0.490. The van der Waals surface area contributed by atoms with Gasteiger partial charge in [0.05, 0.1) is 4.92 Å². The molecule has 2 rings (SSSR count). The van der Waals surface area contributed by atoms with Gasteiger partial charge in [0.1, 0.15) is 11.3 Å². The molecule has 0 N–H and O–H groups in total. The minimum atomic E-state index is -0.546. The number of rotatable bonds is 3. The van der Waals surface area contributed by atoms with Gasteiger partial charge in [0.25, 0.3) is 5.69 Å². The standard InChI is InChI=1S/C15H16N2O4/c1-9-7-12(16-21-9)14(18)11-6-5-10(15(2,3)4)8-13(11)17(19)20/h5-8H,1-4H3. The number of benzene rings is 1. The fourth-order valence-electron chi connectivity index (χ4n) is 1.95. The molecule has 0 atom stereocenters. The third-order valence-electron chi connectivity index (χ3n) is 3.17. The van der Waals surface area contributed by atoms with Crippen LogP contribution in [-0.2, 0) is 5.41 Å². The number of aryl methyl sites for hydroxylation is 1. The Balaban J connectivity index is 2.54. The van der Waals surface area contributed by atoms with Crippen LogP contribution in [0.4, 0.5) is 5.69 Å². The summed E-state index contributed by atoms with van der Waals surface area (Å²) in [6.07, 6.45) is 0. The van der Waals surface area contributed by atoms with Crippen molar-refractivity contribution in [1.82, 2.24) is 5.16 Å². The van der Waals surface area contributed by atoms with Crippen LogP contribution in [0, 0.1) is 17.0 Å². The molecule has 0 fully saturated rings. The maximum Gasteiger partial charge on any atom is 0.280 e. The summed E-state index contributed by atoms with van der Waals surface area (Å²) in [7, 11) is 0. The van der Waals surface area contributed by atoms with Gasteiger partial charge in [-0.15, -0.1) is 0 Å². The van der Waals surface area contributed by atoms with Crippen molar-refractivity contribution in [2.24, 2.45) is 0 Å². The number of aromatic nitrogens is 1. The first-order valence-corrected chi connectivity index (χ1v) is 6.47. The Labute approximate surface area is 121 Å². The third kappa shape index (κ3) is 2.99. The summed E-state index contributed by atoms with van der Waals surface area (Å²) in [6.45, 7) is 7.51. The van der Waals surface area contributed by atoms with Gasteiger partial charge in [-0.2, -0.15) is 0 Å². The summed E-state index contributed by atoms with van der Waals surface area (Å²) in [6, 6.07) is 6.11. The van der Waals surface area contributed by atoms with Crippen LogP contribution in [0.25, 0.3) is 0 Å². The van der Waals surface area contributed by atoms with E-state index in [0.29, 0.717) is 5.76 Å². The Bertz CT molecular complexity index is 711. The molecule has 0 amide bonds. The summed E-state index contributed by atoms with van der Waals surface area (Å²) in [5.74, 6) is -0.0358. The van der Waals surface area contributed by atoms with E-state index in [2.05, 4.69) is 5.16 Å². The molecule has 21 heavy (non-hydrogen) atoms. The molecule has 110 valence electrons. The molecule has 6 nitrogen and oxygen atoms in total. The second-order valence-electron chi connectivity index (χ2n) is 5.89. The second kappa shape index (κ2) is 5.12. The van der Waals surface area contributed by atoms with E-state index in [1.165, 1.54) is 18.2 Å². The molecule has 1 aromatic heterocycles. The zero-order valence-electron chi connectivity index (χ0n) is 12.3. The van der Waals surface area contributed by atoms with Crippen LogP contribution in [0.15, 0.2) is 28.8 Å². The predicted octanol–water partition coefficient (Wildman–Crippen LogP) is 3.42. The molecule has 0 spiro atoms. The zero-order chi connectivity index (χ0) is 15.8. The molecule has 1 aromatic carbocycles. The lowest BCUT2D eigenvalue weighted by Crippen LogP contribution is -2.13. The van der Waals surface area contributed by atoms with E-state index in [1.807, 2.05) is 20.8 Å². The molecule has 6 heteroatoms. The highest BCUT2D eigenvalue weighted by atomic mass is 16.6. The van der Waals surface area contributed by atoms with Crippen LogP contribution in [0.2, 0.25) is 0 Å². The number of nitro benzene ring substituents is 1. The maximum atomic E-state index is 12.3. The van der Waals surface area contributed by atoms with Crippen LogP contribution >= 0.6 is 0 Å². The van der Waals surface area contributed by atoms with Gasteiger partial charge in [0.2, 0.25) is 5.78 Å². The van der Waals surface area contributed by atoms with Gasteiger partial charge in [-0.3, -0.25) is 14.9 Å². The van der Waals surface area contributed by atoms with E-state index in [1.54, 1.807) is 13.0 Å². The Morgan fingerprint density at radius 2 is 1.95 bits per heavy atom. The Hall–Kier alpha value is -2.50. The Kier molecular flexibility index (Phi) is 3.63. The molecule has 0 aliphatic heterocycles. The van der Waals surface area contributed by atoms with Gasteiger partial charge in [-0.05, 0) is 24.0 Å². The molecule has 0 saturated heterocycles. The van der Waals surface area contributed by atoms with Crippen LogP contribution in [0.1, 0.15) is 48.1 Å². The topological polar surface area (TPSA) is 86.2 Å². The average molecular weight is 288 g/mol. The minimum Gasteiger partial charge on any atom is -0.361 e. The molecular formula is C15H16N2O4. The molecule has 1 heterocycles. The number of hydrogen-bond donors (Lipinski definition) is 0. The first kappa shape index (κ1) is 14.9. The van der Waals surface area contributed by atoms with Crippen LogP contribution in [0.5, 0.6) is 0 Å². The van der Waals surface area contributed by atoms with E-state index < -0.39 is 10.7 Å². The number of ketones is 1. The van der Waals surface area contributed by atoms with Gasteiger partial charge < -0.3 is 4.52 Å². The van der Waals surface area contributed by atoms with E-state index >= 15 is 0 Å². The first-order chi connectivity index (χ1) is 9.70. The van der Waals surface area contributed by atoms with E-state index in [4.69, 9.17) is 4.52 Å². The van der Waals surface area contributed by atoms with Gasteiger partial charge in [0.15, 0.2) is 5.69 Å². The van der Waals surface area contributed by atoms with Gasteiger partial charge >= 0.3 is 0 Å². The lowest BCUT2D eigenvalue weighted by atomic mass is 9.85. The van der Waals surface area contributed by atoms with E-state index in [9.17, 15) is 14.9 Å². The summed E-state index contributed by atoms with van der Waals surface area (Å²) in [4.78, 5) is 23.0. The SMILES string of the molecule is Cc1cc(C(=O)c2ccc(C(C)(C)C)cc2[N+](=O)[O-])no1. The third-order valence-corrected chi connectivity index (χ3v) is 3.17. The van der Waals surface area contributed by atoms with Crippen LogP contribution < -0.4 is 0 Å². The number of nitro groups is 1. The maximum absolute atomic E-state index is 12.3. The van der Waals surface area contributed by atoms with Crippen LogP contribution in [-0.4, -0.2) is 15.9 Å². The molecule has 2 aromatic rings. The Morgan fingerprint density at radius 3 is 2.43 bits per heavy atom. The van der Waals surface area contributed by atoms with Crippen molar-refractivity contribution >= 4 is 11.5 Å². The largest absolute Gasteiger partial charge is 0.361 e. The first-order valence-electron chi connectivity index (χ1n) is 6.47. The molecule has 0 unspecified atom stereocenters. The normalized spacial score (nSPS) is 11.4. The summed E-state index contributed by atoms with van der Waals surface area (Å²) in [5.41, 5.74) is 0.423. The minimum absolute atomic E-state index is 0.0151. The van der Waals surface area contributed by atoms with Gasteiger partial charge in [0, 0.05) is 12.1 Å². The lowest BCUT2D eigenvalue weighted by Gasteiger charge is -2.18. The smallest absolute Gasteiger partial charge is 0.280 e. The predicted molar refractivity (Wildman–Crippen MR) is 76.5 cm³/mol. The fourth-order valence-corrected chi connectivity index (χ4v) is 1.95.